The van der Waals surface area contributed by atoms with Crippen molar-refractivity contribution in [1.82, 2.24) is 4.90 Å². The van der Waals surface area contributed by atoms with Crippen LogP contribution < -0.4 is 9.47 Å². The molecule has 2 aromatic rings. The van der Waals surface area contributed by atoms with Gasteiger partial charge in [0.2, 0.25) is 0 Å². The third-order valence-corrected chi connectivity index (χ3v) is 4.87. The van der Waals surface area contributed by atoms with Crippen molar-refractivity contribution >= 4 is 5.91 Å². The van der Waals surface area contributed by atoms with Crippen LogP contribution in [-0.2, 0) is 6.54 Å². The molecule has 3 rings (SSSR count). The molecule has 0 aromatic heterocycles. The number of amides is 1. The van der Waals surface area contributed by atoms with E-state index in [9.17, 15) is 4.79 Å². The van der Waals surface area contributed by atoms with Crippen LogP contribution >= 0.6 is 0 Å². The van der Waals surface area contributed by atoms with Gasteiger partial charge in [0.15, 0.2) is 11.5 Å². The fourth-order valence-electron chi connectivity index (χ4n) is 3.69. The number of carbonyl (C=O) groups excluding carboxylic acids is 1. The van der Waals surface area contributed by atoms with E-state index in [1.807, 2.05) is 55.1 Å². The summed E-state index contributed by atoms with van der Waals surface area (Å²) in [6.45, 7) is 10.1. The van der Waals surface area contributed by atoms with Gasteiger partial charge in [0, 0.05) is 12.1 Å². The SMILES string of the molecule is CCOc1ccc([C@@H](CC(C)C)N2Cc3ccccc3C2=O)cc1OCC. The van der Waals surface area contributed by atoms with Gasteiger partial charge in [-0.1, -0.05) is 38.1 Å². The fraction of sp³-hybridized carbons (Fsp3) is 0.435. The predicted molar refractivity (Wildman–Crippen MR) is 107 cm³/mol. The first-order valence-corrected chi connectivity index (χ1v) is 9.83. The molecule has 1 aliphatic heterocycles. The second-order valence-corrected chi connectivity index (χ2v) is 7.31. The van der Waals surface area contributed by atoms with Gasteiger partial charge in [-0.3, -0.25) is 4.79 Å². The number of benzene rings is 2. The molecule has 2 aromatic carbocycles. The molecule has 0 aliphatic carbocycles. The lowest BCUT2D eigenvalue weighted by molar-refractivity contribution is 0.0678. The molecular weight excluding hydrogens is 338 g/mol. The third-order valence-electron chi connectivity index (χ3n) is 4.87. The highest BCUT2D eigenvalue weighted by Gasteiger charge is 2.33. The fourth-order valence-corrected chi connectivity index (χ4v) is 3.69. The molecule has 0 N–H and O–H groups in total. The summed E-state index contributed by atoms with van der Waals surface area (Å²) in [7, 11) is 0. The third kappa shape index (κ3) is 4.10. The molecular formula is C23H29NO3. The molecule has 0 fully saturated rings. The van der Waals surface area contributed by atoms with Crippen LogP contribution in [0.5, 0.6) is 11.5 Å². The molecule has 4 heteroatoms. The smallest absolute Gasteiger partial charge is 0.255 e. The molecule has 0 saturated heterocycles. The number of rotatable bonds is 8. The van der Waals surface area contributed by atoms with Crippen molar-refractivity contribution in [1.29, 1.82) is 0 Å². The van der Waals surface area contributed by atoms with Crippen LogP contribution in [0.4, 0.5) is 0 Å². The summed E-state index contributed by atoms with van der Waals surface area (Å²) in [5.74, 6) is 2.08. The minimum atomic E-state index is 0.0137. The number of fused-ring (bicyclic) bond motifs is 1. The molecule has 0 radical (unpaired) electrons. The zero-order chi connectivity index (χ0) is 19.4. The molecule has 4 nitrogen and oxygen atoms in total. The molecule has 0 bridgehead atoms. The van der Waals surface area contributed by atoms with Gasteiger partial charge in [0.25, 0.3) is 5.91 Å². The topological polar surface area (TPSA) is 38.8 Å². The van der Waals surface area contributed by atoms with Crippen LogP contribution in [0.3, 0.4) is 0 Å². The zero-order valence-electron chi connectivity index (χ0n) is 16.7. The van der Waals surface area contributed by atoms with Crippen LogP contribution in [0.15, 0.2) is 42.5 Å². The first-order chi connectivity index (χ1) is 13.0. The summed E-state index contributed by atoms with van der Waals surface area (Å²) in [6.07, 6.45) is 0.902. The highest BCUT2D eigenvalue weighted by molar-refractivity contribution is 5.98. The first-order valence-electron chi connectivity index (χ1n) is 9.83. The summed E-state index contributed by atoms with van der Waals surface area (Å²) in [6, 6.07) is 14.0. The lowest BCUT2D eigenvalue weighted by atomic mass is 9.95. The van der Waals surface area contributed by atoms with Gasteiger partial charge in [-0.25, -0.2) is 0 Å². The quantitative estimate of drug-likeness (QED) is 0.641. The van der Waals surface area contributed by atoms with Crippen molar-refractivity contribution in [3.63, 3.8) is 0 Å². The van der Waals surface area contributed by atoms with Crippen LogP contribution in [0.25, 0.3) is 0 Å². The summed E-state index contributed by atoms with van der Waals surface area (Å²) < 4.78 is 11.5. The van der Waals surface area contributed by atoms with E-state index in [-0.39, 0.29) is 11.9 Å². The first kappa shape index (κ1) is 19.3. The van der Waals surface area contributed by atoms with Crippen LogP contribution in [0, 0.1) is 5.92 Å². The Morgan fingerprint density at radius 1 is 1.00 bits per heavy atom. The molecule has 144 valence electrons. The Balaban J connectivity index is 1.96. The van der Waals surface area contributed by atoms with Crippen LogP contribution in [0.1, 0.15) is 61.6 Å². The average molecular weight is 367 g/mol. The second kappa shape index (κ2) is 8.47. The predicted octanol–water partition coefficient (Wildman–Crippen LogP) is 5.23. The summed E-state index contributed by atoms with van der Waals surface area (Å²) in [4.78, 5) is 15.0. The Morgan fingerprint density at radius 2 is 1.70 bits per heavy atom. The van der Waals surface area contributed by atoms with E-state index in [1.54, 1.807) is 0 Å². The van der Waals surface area contributed by atoms with Crippen LogP contribution in [-0.4, -0.2) is 24.0 Å². The average Bonchev–Trinajstić information content (AvgIpc) is 2.98. The lowest BCUT2D eigenvalue weighted by Crippen LogP contribution is -2.30. The Bertz CT molecular complexity index is 800. The van der Waals surface area contributed by atoms with E-state index in [1.165, 1.54) is 0 Å². The van der Waals surface area contributed by atoms with Crippen molar-refractivity contribution in [3.8, 4) is 11.5 Å². The summed E-state index contributed by atoms with van der Waals surface area (Å²) in [5.41, 5.74) is 3.02. The normalized spacial score (nSPS) is 14.4. The van der Waals surface area contributed by atoms with Gasteiger partial charge < -0.3 is 14.4 Å². The Kier molecular flexibility index (Phi) is 6.04. The van der Waals surface area contributed by atoms with E-state index in [4.69, 9.17) is 9.47 Å². The Hall–Kier alpha value is -2.49. The molecule has 1 atom stereocenters. The van der Waals surface area contributed by atoms with Crippen molar-refractivity contribution in [2.24, 2.45) is 5.92 Å². The summed E-state index contributed by atoms with van der Waals surface area (Å²) >= 11 is 0. The van der Waals surface area contributed by atoms with E-state index < -0.39 is 0 Å². The lowest BCUT2D eigenvalue weighted by Gasteiger charge is -2.30. The van der Waals surface area contributed by atoms with E-state index >= 15 is 0 Å². The molecule has 0 saturated carbocycles. The molecule has 1 aliphatic rings. The Morgan fingerprint density at radius 3 is 2.37 bits per heavy atom. The van der Waals surface area contributed by atoms with E-state index in [0.717, 1.165) is 34.6 Å². The highest BCUT2D eigenvalue weighted by atomic mass is 16.5. The molecule has 0 spiro atoms. The zero-order valence-corrected chi connectivity index (χ0v) is 16.7. The van der Waals surface area contributed by atoms with Gasteiger partial charge in [0.05, 0.1) is 19.3 Å². The minimum Gasteiger partial charge on any atom is -0.490 e. The second-order valence-electron chi connectivity index (χ2n) is 7.31. The standard InChI is InChI=1S/C23H29NO3/c1-5-26-21-12-11-17(14-22(21)27-6-2)20(13-16(3)4)24-15-18-9-7-8-10-19(18)23(24)25/h7-12,14,16,20H,5-6,13,15H2,1-4H3/t20-/m1/s1. The van der Waals surface area contributed by atoms with Crippen molar-refractivity contribution in [2.75, 3.05) is 13.2 Å². The highest BCUT2D eigenvalue weighted by Crippen LogP contribution is 2.38. The van der Waals surface area contributed by atoms with Gasteiger partial charge in [-0.15, -0.1) is 0 Å². The van der Waals surface area contributed by atoms with Gasteiger partial charge >= 0.3 is 0 Å². The maximum atomic E-state index is 13.0. The summed E-state index contributed by atoms with van der Waals surface area (Å²) in [5, 5.41) is 0. The van der Waals surface area contributed by atoms with Crippen molar-refractivity contribution in [3.05, 3.63) is 59.2 Å². The van der Waals surface area contributed by atoms with Crippen LogP contribution in [0.2, 0.25) is 0 Å². The molecule has 1 heterocycles. The Labute approximate surface area is 162 Å². The molecule has 27 heavy (non-hydrogen) atoms. The maximum Gasteiger partial charge on any atom is 0.255 e. The number of hydrogen-bond donors (Lipinski definition) is 0. The number of carbonyl (C=O) groups is 1. The maximum absolute atomic E-state index is 13.0. The molecule has 1 amide bonds. The number of hydrogen-bond acceptors (Lipinski definition) is 3. The van der Waals surface area contributed by atoms with E-state index in [0.29, 0.717) is 25.7 Å². The van der Waals surface area contributed by atoms with Gasteiger partial charge in [-0.05, 0) is 55.5 Å². The number of ether oxygens (including phenoxy) is 2. The number of nitrogens with zero attached hydrogens (tertiary/aromatic N) is 1. The van der Waals surface area contributed by atoms with E-state index in [2.05, 4.69) is 19.9 Å². The van der Waals surface area contributed by atoms with Gasteiger partial charge in [-0.2, -0.15) is 0 Å². The van der Waals surface area contributed by atoms with Crippen molar-refractivity contribution < 1.29 is 14.3 Å². The molecule has 0 unspecified atom stereocenters. The van der Waals surface area contributed by atoms with Gasteiger partial charge in [0.1, 0.15) is 0 Å². The monoisotopic (exact) mass is 367 g/mol. The minimum absolute atomic E-state index is 0.0137. The largest absolute Gasteiger partial charge is 0.490 e. The van der Waals surface area contributed by atoms with Crippen molar-refractivity contribution in [2.45, 2.75) is 46.7 Å².